The first-order chi connectivity index (χ1) is 13.5. The van der Waals surface area contributed by atoms with Gasteiger partial charge in [0, 0.05) is 16.6 Å². The molecule has 0 saturated heterocycles. The van der Waals surface area contributed by atoms with Crippen molar-refractivity contribution in [2.75, 3.05) is 5.32 Å². The minimum Gasteiger partial charge on any atom is -0.322 e. The van der Waals surface area contributed by atoms with E-state index in [4.69, 9.17) is 16.6 Å². The summed E-state index contributed by atoms with van der Waals surface area (Å²) in [5.41, 5.74) is 4.42. The van der Waals surface area contributed by atoms with Gasteiger partial charge in [-0.05, 0) is 37.3 Å². The Balaban J connectivity index is 1.79. The van der Waals surface area contributed by atoms with Crippen LogP contribution in [0.15, 0.2) is 72.8 Å². The molecule has 28 heavy (non-hydrogen) atoms. The number of amides is 1. The Kier molecular flexibility index (Phi) is 4.80. The van der Waals surface area contributed by atoms with Crippen molar-refractivity contribution in [3.05, 3.63) is 94.8 Å². The maximum Gasteiger partial charge on any atom is 0.256 e. The van der Waals surface area contributed by atoms with Crippen LogP contribution in [0.4, 0.5) is 10.1 Å². The molecule has 3 aromatic carbocycles. The minimum absolute atomic E-state index is 0.0438. The summed E-state index contributed by atoms with van der Waals surface area (Å²) >= 11 is 5.82. The van der Waals surface area contributed by atoms with E-state index in [0.29, 0.717) is 16.9 Å². The highest BCUT2D eigenvalue weighted by molar-refractivity contribution is 6.31. The van der Waals surface area contributed by atoms with Crippen LogP contribution in [0, 0.1) is 12.7 Å². The summed E-state index contributed by atoms with van der Waals surface area (Å²) in [5, 5.41) is 3.48. The highest BCUT2D eigenvalue weighted by Crippen LogP contribution is 2.26. The lowest BCUT2D eigenvalue weighted by atomic mass is 10.0. The predicted octanol–water partition coefficient (Wildman–Crippen LogP) is 6.26. The van der Waals surface area contributed by atoms with Gasteiger partial charge in [-0.1, -0.05) is 59.6 Å². The van der Waals surface area contributed by atoms with Gasteiger partial charge in [0.2, 0.25) is 0 Å². The Morgan fingerprint density at radius 2 is 1.75 bits per heavy atom. The second-order valence-corrected chi connectivity index (χ2v) is 6.93. The van der Waals surface area contributed by atoms with Crippen LogP contribution in [0.2, 0.25) is 5.02 Å². The number of carbonyl (C=O) groups excluding carboxylic acids is 1. The molecular formula is C23H16ClFN2O. The molecular weight excluding hydrogens is 375 g/mol. The average molecular weight is 391 g/mol. The van der Waals surface area contributed by atoms with E-state index in [1.54, 1.807) is 6.07 Å². The number of aryl methyl sites for hydroxylation is 1. The number of hydrogen-bond donors (Lipinski definition) is 1. The van der Waals surface area contributed by atoms with Gasteiger partial charge in [0.25, 0.3) is 5.91 Å². The Morgan fingerprint density at radius 3 is 2.50 bits per heavy atom. The van der Waals surface area contributed by atoms with Gasteiger partial charge in [-0.25, -0.2) is 9.37 Å². The van der Waals surface area contributed by atoms with Crippen molar-refractivity contribution in [1.29, 1.82) is 0 Å². The van der Waals surface area contributed by atoms with Gasteiger partial charge in [0.1, 0.15) is 5.82 Å². The number of halogens is 2. The monoisotopic (exact) mass is 390 g/mol. The molecule has 1 aromatic heterocycles. The number of carbonyl (C=O) groups is 1. The number of nitrogens with zero attached hydrogens (tertiary/aromatic N) is 1. The second-order valence-electron chi connectivity index (χ2n) is 6.52. The highest BCUT2D eigenvalue weighted by Gasteiger charge is 2.15. The van der Waals surface area contributed by atoms with Gasteiger partial charge in [-0.3, -0.25) is 4.79 Å². The molecule has 4 rings (SSSR count). The molecule has 0 saturated carbocycles. The first kappa shape index (κ1) is 18.1. The van der Waals surface area contributed by atoms with E-state index in [2.05, 4.69) is 5.32 Å². The predicted molar refractivity (Wildman–Crippen MR) is 111 cm³/mol. The first-order valence-electron chi connectivity index (χ1n) is 8.74. The third-order valence-electron chi connectivity index (χ3n) is 4.49. The maximum absolute atomic E-state index is 13.4. The molecule has 1 amide bonds. The van der Waals surface area contributed by atoms with Gasteiger partial charge in [0.15, 0.2) is 0 Å². The Morgan fingerprint density at radius 1 is 1.00 bits per heavy atom. The van der Waals surface area contributed by atoms with Crippen molar-refractivity contribution in [3.8, 4) is 11.3 Å². The number of pyridine rings is 1. The van der Waals surface area contributed by atoms with Crippen LogP contribution in [0.25, 0.3) is 22.2 Å². The van der Waals surface area contributed by atoms with Crippen LogP contribution < -0.4 is 5.32 Å². The van der Waals surface area contributed by atoms with E-state index >= 15 is 0 Å². The van der Waals surface area contributed by atoms with Crippen LogP contribution in [-0.4, -0.2) is 10.9 Å². The van der Waals surface area contributed by atoms with Gasteiger partial charge < -0.3 is 5.32 Å². The molecule has 4 aromatic rings. The molecule has 0 bridgehead atoms. The standard InChI is InChI=1S/C23H16ClFN2O/c1-14-6-8-15(9-7-14)22-13-18(17-4-2-3-5-21(17)27-22)23(28)26-16-10-11-20(25)19(24)12-16/h2-13H,1H3,(H,26,28). The number of anilines is 1. The number of aromatic nitrogens is 1. The number of benzene rings is 3. The van der Waals surface area contributed by atoms with Gasteiger partial charge >= 0.3 is 0 Å². The normalized spacial score (nSPS) is 10.8. The molecule has 0 aliphatic heterocycles. The Labute approximate surface area is 166 Å². The number of rotatable bonds is 3. The summed E-state index contributed by atoms with van der Waals surface area (Å²) in [6.07, 6.45) is 0. The molecule has 1 heterocycles. The lowest BCUT2D eigenvalue weighted by molar-refractivity contribution is 0.102. The van der Waals surface area contributed by atoms with Crippen molar-refractivity contribution < 1.29 is 9.18 Å². The van der Waals surface area contributed by atoms with E-state index in [1.165, 1.54) is 18.2 Å². The van der Waals surface area contributed by atoms with E-state index in [1.807, 2.05) is 55.5 Å². The minimum atomic E-state index is -0.532. The summed E-state index contributed by atoms with van der Waals surface area (Å²) in [7, 11) is 0. The van der Waals surface area contributed by atoms with Crippen molar-refractivity contribution in [2.45, 2.75) is 6.92 Å². The van der Waals surface area contributed by atoms with E-state index in [9.17, 15) is 9.18 Å². The quantitative estimate of drug-likeness (QED) is 0.449. The maximum atomic E-state index is 13.4. The lowest BCUT2D eigenvalue weighted by Crippen LogP contribution is -2.13. The molecule has 0 unspecified atom stereocenters. The zero-order valence-corrected chi connectivity index (χ0v) is 15.8. The fourth-order valence-electron chi connectivity index (χ4n) is 3.01. The third kappa shape index (κ3) is 3.59. The molecule has 0 fully saturated rings. The van der Waals surface area contributed by atoms with Crippen molar-refractivity contribution in [1.82, 2.24) is 4.98 Å². The zero-order valence-electron chi connectivity index (χ0n) is 15.0. The molecule has 0 atom stereocenters. The Bertz CT molecular complexity index is 1190. The number of hydrogen-bond acceptors (Lipinski definition) is 2. The smallest absolute Gasteiger partial charge is 0.256 e. The summed E-state index contributed by atoms with van der Waals surface area (Å²) in [6, 6.07) is 21.3. The van der Waals surface area contributed by atoms with Crippen LogP contribution in [0.3, 0.4) is 0 Å². The molecule has 0 radical (unpaired) electrons. The number of para-hydroxylation sites is 1. The summed E-state index contributed by atoms with van der Waals surface area (Å²) in [4.78, 5) is 17.7. The summed E-state index contributed by atoms with van der Waals surface area (Å²) in [6.45, 7) is 2.02. The van der Waals surface area contributed by atoms with Gasteiger partial charge in [-0.2, -0.15) is 0 Å². The van der Waals surface area contributed by atoms with Crippen molar-refractivity contribution in [2.24, 2.45) is 0 Å². The van der Waals surface area contributed by atoms with Crippen LogP contribution in [0.5, 0.6) is 0 Å². The molecule has 0 aliphatic carbocycles. The largest absolute Gasteiger partial charge is 0.322 e. The lowest BCUT2D eigenvalue weighted by Gasteiger charge is -2.11. The topological polar surface area (TPSA) is 42.0 Å². The fourth-order valence-corrected chi connectivity index (χ4v) is 3.19. The van der Waals surface area contributed by atoms with E-state index in [0.717, 1.165) is 22.0 Å². The number of fused-ring (bicyclic) bond motifs is 1. The van der Waals surface area contributed by atoms with Gasteiger partial charge in [-0.15, -0.1) is 0 Å². The van der Waals surface area contributed by atoms with Crippen molar-refractivity contribution >= 4 is 34.1 Å². The van der Waals surface area contributed by atoms with Gasteiger partial charge in [0.05, 0.1) is 21.8 Å². The summed E-state index contributed by atoms with van der Waals surface area (Å²) in [5.74, 6) is -0.842. The van der Waals surface area contributed by atoms with Crippen LogP contribution in [-0.2, 0) is 0 Å². The van der Waals surface area contributed by atoms with Crippen LogP contribution in [0.1, 0.15) is 15.9 Å². The first-order valence-corrected chi connectivity index (χ1v) is 9.12. The molecule has 138 valence electrons. The average Bonchev–Trinajstić information content (AvgIpc) is 2.70. The fraction of sp³-hybridized carbons (Fsp3) is 0.0435. The number of nitrogens with one attached hydrogen (secondary N) is 1. The second kappa shape index (κ2) is 7.41. The Hall–Kier alpha value is -3.24. The SMILES string of the molecule is Cc1ccc(-c2cc(C(=O)Nc3ccc(F)c(Cl)c3)c3ccccc3n2)cc1. The molecule has 0 aliphatic rings. The van der Waals surface area contributed by atoms with E-state index in [-0.39, 0.29) is 10.9 Å². The highest BCUT2D eigenvalue weighted by atomic mass is 35.5. The zero-order chi connectivity index (χ0) is 19.7. The molecule has 1 N–H and O–H groups in total. The van der Waals surface area contributed by atoms with Crippen molar-refractivity contribution in [3.63, 3.8) is 0 Å². The van der Waals surface area contributed by atoms with E-state index < -0.39 is 5.82 Å². The molecule has 5 heteroatoms. The van der Waals surface area contributed by atoms with Crippen LogP contribution >= 0.6 is 11.6 Å². The summed E-state index contributed by atoms with van der Waals surface area (Å²) < 4.78 is 13.4. The molecule has 3 nitrogen and oxygen atoms in total. The third-order valence-corrected chi connectivity index (χ3v) is 4.78. The molecule has 0 spiro atoms.